The number of carbonyl (C=O) groups excluding carboxylic acids is 2. The predicted molar refractivity (Wildman–Crippen MR) is 86.6 cm³/mol. The molecule has 0 aliphatic carbocycles. The van der Waals surface area contributed by atoms with Crippen LogP contribution in [-0.4, -0.2) is 19.0 Å². The normalized spacial score (nSPS) is 10.6. The number of hydrogen-bond acceptors (Lipinski definition) is 3. The molecule has 0 saturated carbocycles. The van der Waals surface area contributed by atoms with E-state index in [0.29, 0.717) is 5.56 Å². The first-order valence-corrected chi connectivity index (χ1v) is 6.93. The van der Waals surface area contributed by atoms with E-state index in [1.165, 1.54) is 19.3 Å². The number of rotatable bonds is 4. The summed E-state index contributed by atoms with van der Waals surface area (Å²) in [6.45, 7) is 1.81. The van der Waals surface area contributed by atoms with Gasteiger partial charge in [-0.05, 0) is 48.4 Å². The zero-order chi connectivity index (χ0) is 16.8. The summed E-state index contributed by atoms with van der Waals surface area (Å²) in [6, 6.07) is 11.1. The van der Waals surface area contributed by atoms with Gasteiger partial charge in [0.1, 0.15) is 5.82 Å². The van der Waals surface area contributed by atoms with E-state index in [0.717, 1.165) is 11.1 Å². The lowest BCUT2D eigenvalue weighted by Crippen LogP contribution is -2.09. The third kappa shape index (κ3) is 4.51. The molecule has 0 saturated heterocycles. The number of methoxy groups -OCH3 is 1. The monoisotopic (exact) mass is 313 g/mol. The number of nitrogens with one attached hydrogen (secondary N) is 1. The van der Waals surface area contributed by atoms with Gasteiger partial charge in [0, 0.05) is 6.08 Å². The van der Waals surface area contributed by atoms with Crippen LogP contribution in [0.1, 0.15) is 21.5 Å². The van der Waals surface area contributed by atoms with Crippen molar-refractivity contribution >= 4 is 23.6 Å². The lowest BCUT2D eigenvalue weighted by atomic mass is 10.1. The van der Waals surface area contributed by atoms with E-state index in [9.17, 15) is 14.0 Å². The maximum absolute atomic E-state index is 13.6. The van der Waals surface area contributed by atoms with E-state index >= 15 is 0 Å². The molecule has 118 valence electrons. The number of hydrogen-bond donors (Lipinski definition) is 1. The van der Waals surface area contributed by atoms with E-state index in [2.05, 4.69) is 10.1 Å². The number of amides is 1. The average molecular weight is 313 g/mol. The van der Waals surface area contributed by atoms with Crippen molar-refractivity contribution in [2.45, 2.75) is 6.92 Å². The molecule has 2 rings (SSSR count). The van der Waals surface area contributed by atoms with Gasteiger partial charge in [0.15, 0.2) is 0 Å². The van der Waals surface area contributed by atoms with Crippen LogP contribution < -0.4 is 5.32 Å². The molecule has 23 heavy (non-hydrogen) atoms. The predicted octanol–water partition coefficient (Wildman–Crippen LogP) is 3.57. The van der Waals surface area contributed by atoms with Crippen molar-refractivity contribution in [3.63, 3.8) is 0 Å². The highest BCUT2D eigenvalue weighted by Gasteiger charge is 2.05. The van der Waals surface area contributed by atoms with Crippen LogP contribution >= 0.6 is 0 Å². The Morgan fingerprint density at radius 2 is 1.83 bits per heavy atom. The van der Waals surface area contributed by atoms with Gasteiger partial charge < -0.3 is 10.1 Å². The Labute approximate surface area is 133 Å². The third-order valence-electron chi connectivity index (χ3n) is 3.14. The van der Waals surface area contributed by atoms with Crippen LogP contribution in [-0.2, 0) is 9.53 Å². The van der Waals surface area contributed by atoms with Crippen molar-refractivity contribution in [2.24, 2.45) is 0 Å². The van der Waals surface area contributed by atoms with Gasteiger partial charge in [0.25, 0.3) is 0 Å². The Morgan fingerprint density at radius 3 is 2.48 bits per heavy atom. The van der Waals surface area contributed by atoms with Gasteiger partial charge >= 0.3 is 5.97 Å². The fraction of sp³-hybridized carbons (Fsp3) is 0.111. The highest BCUT2D eigenvalue weighted by Crippen LogP contribution is 2.15. The van der Waals surface area contributed by atoms with E-state index < -0.39 is 17.7 Å². The number of benzene rings is 2. The standard InChI is InChI=1S/C18H16FNO3/c1-12-3-9-15(19)16(11-12)20-17(21)10-6-13-4-7-14(8-5-13)18(22)23-2/h3-11H,1-2H3,(H,20,21)/b10-6+. The molecule has 2 aromatic carbocycles. The first-order chi connectivity index (χ1) is 11.0. The van der Waals surface area contributed by atoms with Crippen LogP contribution in [0.2, 0.25) is 0 Å². The molecule has 4 nitrogen and oxygen atoms in total. The second-order valence-electron chi connectivity index (χ2n) is 4.92. The van der Waals surface area contributed by atoms with Crippen LogP contribution in [0.15, 0.2) is 48.5 Å². The molecule has 0 heterocycles. The molecule has 5 heteroatoms. The van der Waals surface area contributed by atoms with Crippen LogP contribution in [0.4, 0.5) is 10.1 Å². The smallest absolute Gasteiger partial charge is 0.337 e. The molecular formula is C18H16FNO3. The summed E-state index contributed by atoms with van der Waals surface area (Å²) in [6.07, 6.45) is 2.87. The Hall–Kier alpha value is -2.95. The molecule has 1 amide bonds. The molecular weight excluding hydrogens is 297 g/mol. The molecule has 0 unspecified atom stereocenters. The van der Waals surface area contributed by atoms with Crippen LogP contribution in [0.25, 0.3) is 6.08 Å². The minimum absolute atomic E-state index is 0.140. The van der Waals surface area contributed by atoms with Gasteiger partial charge in [-0.3, -0.25) is 4.79 Å². The Morgan fingerprint density at radius 1 is 1.13 bits per heavy atom. The zero-order valence-corrected chi connectivity index (χ0v) is 12.8. The van der Waals surface area contributed by atoms with Crippen molar-refractivity contribution in [3.05, 3.63) is 71.0 Å². The SMILES string of the molecule is COC(=O)c1ccc(/C=C/C(=O)Nc2cc(C)ccc2F)cc1. The van der Waals surface area contributed by atoms with Crippen molar-refractivity contribution < 1.29 is 18.7 Å². The minimum atomic E-state index is -0.486. The molecule has 0 radical (unpaired) electrons. The summed E-state index contributed by atoms with van der Waals surface area (Å²) in [7, 11) is 1.31. The number of aryl methyl sites for hydroxylation is 1. The summed E-state index contributed by atoms with van der Waals surface area (Å²) in [5.41, 5.74) is 2.15. The fourth-order valence-electron chi connectivity index (χ4n) is 1.93. The second-order valence-corrected chi connectivity index (χ2v) is 4.92. The molecule has 0 aromatic heterocycles. The topological polar surface area (TPSA) is 55.4 Å². The van der Waals surface area contributed by atoms with Gasteiger partial charge in [0.2, 0.25) is 5.91 Å². The van der Waals surface area contributed by atoms with Gasteiger partial charge in [-0.2, -0.15) is 0 Å². The molecule has 0 atom stereocenters. The number of halogens is 1. The van der Waals surface area contributed by atoms with E-state index in [-0.39, 0.29) is 5.69 Å². The van der Waals surface area contributed by atoms with Crippen molar-refractivity contribution in [2.75, 3.05) is 12.4 Å². The Kier molecular flexibility index (Phi) is 5.25. The summed E-state index contributed by atoms with van der Waals surface area (Å²) >= 11 is 0. The molecule has 0 spiro atoms. The quantitative estimate of drug-likeness (QED) is 0.693. The fourth-order valence-corrected chi connectivity index (χ4v) is 1.93. The maximum atomic E-state index is 13.6. The molecule has 0 bridgehead atoms. The first-order valence-electron chi connectivity index (χ1n) is 6.93. The molecule has 0 aliphatic heterocycles. The van der Waals surface area contributed by atoms with Gasteiger partial charge in [0.05, 0.1) is 18.4 Å². The van der Waals surface area contributed by atoms with Crippen LogP contribution in [0.5, 0.6) is 0 Å². The lowest BCUT2D eigenvalue weighted by Gasteiger charge is -2.05. The van der Waals surface area contributed by atoms with E-state index in [1.807, 2.05) is 6.92 Å². The van der Waals surface area contributed by atoms with Crippen molar-refractivity contribution in [3.8, 4) is 0 Å². The Bertz CT molecular complexity index is 751. The second kappa shape index (κ2) is 7.35. The maximum Gasteiger partial charge on any atom is 0.337 e. The molecule has 1 N–H and O–H groups in total. The summed E-state index contributed by atoms with van der Waals surface area (Å²) < 4.78 is 18.2. The van der Waals surface area contributed by atoms with Gasteiger partial charge in [-0.15, -0.1) is 0 Å². The van der Waals surface area contributed by atoms with Crippen LogP contribution in [0.3, 0.4) is 0 Å². The summed E-state index contributed by atoms with van der Waals surface area (Å²) in [5.74, 6) is -1.35. The number of ether oxygens (including phenoxy) is 1. The van der Waals surface area contributed by atoms with Crippen molar-refractivity contribution in [1.82, 2.24) is 0 Å². The summed E-state index contributed by atoms with van der Waals surface area (Å²) in [4.78, 5) is 23.1. The zero-order valence-electron chi connectivity index (χ0n) is 12.8. The molecule has 0 aliphatic rings. The Balaban J connectivity index is 2.03. The average Bonchev–Trinajstić information content (AvgIpc) is 2.56. The lowest BCUT2D eigenvalue weighted by molar-refractivity contribution is -0.111. The molecule has 2 aromatic rings. The summed E-state index contributed by atoms with van der Waals surface area (Å²) in [5, 5.41) is 2.49. The van der Waals surface area contributed by atoms with E-state index in [1.54, 1.807) is 42.5 Å². The molecule has 0 fully saturated rings. The highest BCUT2D eigenvalue weighted by molar-refractivity contribution is 6.02. The third-order valence-corrected chi connectivity index (χ3v) is 3.14. The largest absolute Gasteiger partial charge is 0.465 e. The van der Waals surface area contributed by atoms with Crippen LogP contribution in [0, 0.1) is 12.7 Å². The van der Waals surface area contributed by atoms with Crippen molar-refractivity contribution in [1.29, 1.82) is 0 Å². The number of anilines is 1. The first kappa shape index (κ1) is 16.4. The highest BCUT2D eigenvalue weighted by atomic mass is 19.1. The number of carbonyl (C=O) groups is 2. The minimum Gasteiger partial charge on any atom is -0.465 e. The van der Waals surface area contributed by atoms with E-state index in [4.69, 9.17) is 0 Å². The van der Waals surface area contributed by atoms with Gasteiger partial charge in [-0.1, -0.05) is 18.2 Å². The van der Waals surface area contributed by atoms with Gasteiger partial charge in [-0.25, -0.2) is 9.18 Å². The number of esters is 1.